The van der Waals surface area contributed by atoms with E-state index in [4.69, 9.17) is 20.1 Å². The molecule has 0 aliphatic heterocycles. The van der Waals surface area contributed by atoms with Crippen LogP contribution in [-0.2, 0) is 11.3 Å². The van der Waals surface area contributed by atoms with E-state index in [9.17, 15) is 0 Å². The number of rotatable bonds is 2. The van der Waals surface area contributed by atoms with Gasteiger partial charge in [-0.05, 0) is 5.56 Å². The molecule has 0 bridgehead atoms. The SMILES string of the molecule is COCc1ccccc1.O=[N+]([O-])O. The summed E-state index contributed by atoms with van der Waals surface area (Å²) in [4.78, 5) is 8.36. The molecule has 1 aromatic carbocycles. The molecule has 0 aliphatic rings. The summed E-state index contributed by atoms with van der Waals surface area (Å²) in [6.45, 7) is 0.709. The number of nitrogens with zero attached hydrogens (tertiary/aromatic N) is 1. The Balaban J connectivity index is 0.000000310. The van der Waals surface area contributed by atoms with Gasteiger partial charge >= 0.3 is 0 Å². The highest BCUT2D eigenvalue weighted by atomic mass is 16.9. The molecule has 0 radical (unpaired) electrons. The zero-order valence-corrected chi connectivity index (χ0v) is 7.21. The van der Waals surface area contributed by atoms with E-state index >= 15 is 0 Å². The number of hydrogen-bond acceptors (Lipinski definition) is 3. The highest BCUT2D eigenvalue weighted by molar-refractivity contribution is 5.13. The number of benzene rings is 1. The van der Waals surface area contributed by atoms with Crippen molar-refractivity contribution in [2.24, 2.45) is 0 Å². The maximum absolute atomic E-state index is 8.36. The molecule has 0 saturated heterocycles. The predicted octanol–water partition coefficient (Wildman–Crippen LogP) is 1.49. The standard InChI is InChI=1S/C8H10O.HNO3/c1-9-7-8-5-3-2-4-6-8;2-1(3)4/h2-6H,7H2,1H3;(H,2,3,4). The van der Waals surface area contributed by atoms with Crippen LogP contribution < -0.4 is 0 Å². The lowest BCUT2D eigenvalue weighted by molar-refractivity contribution is -0.742. The van der Waals surface area contributed by atoms with E-state index in [2.05, 4.69) is 0 Å². The van der Waals surface area contributed by atoms with Gasteiger partial charge in [0, 0.05) is 7.11 Å². The summed E-state index contributed by atoms with van der Waals surface area (Å²) in [5.41, 5.74) is 1.22. The van der Waals surface area contributed by atoms with E-state index in [-0.39, 0.29) is 0 Å². The van der Waals surface area contributed by atoms with Crippen LogP contribution in [0.25, 0.3) is 0 Å². The Kier molecular flexibility index (Phi) is 6.17. The van der Waals surface area contributed by atoms with E-state index in [1.807, 2.05) is 30.3 Å². The second kappa shape index (κ2) is 7.05. The van der Waals surface area contributed by atoms with Crippen LogP contribution in [0.15, 0.2) is 30.3 Å². The second-order valence-electron chi connectivity index (χ2n) is 2.16. The zero-order valence-electron chi connectivity index (χ0n) is 7.21. The third-order valence-electron chi connectivity index (χ3n) is 1.15. The Morgan fingerprint density at radius 3 is 2.31 bits per heavy atom. The van der Waals surface area contributed by atoms with Crippen LogP contribution in [0.2, 0.25) is 0 Å². The number of hydrogen-bond donors (Lipinski definition) is 1. The van der Waals surface area contributed by atoms with Crippen LogP contribution in [-0.4, -0.2) is 17.4 Å². The van der Waals surface area contributed by atoms with Crippen molar-refractivity contribution < 1.29 is 15.0 Å². The van der Waals surface area contributed by atoms with Crippen molar-refractivity contribution in [2.45, 2.75) is 6.61 Å². The summed E-state index contributed by atoms with van der Waals surface area (Å²) >= 11 is 0. The minimum absolute atomic E-state index is 0.709. The van der Waals surface area contributed by atoms with E-state index in [1.54, 1.807) is 7.11 Å². The molecule has 5 nitrogen and oxygen atoms in total. The monoisotopic (exact) mass is 185 g/mol. The van der Waals surface area contributed by atoms with Gasteiger partial charge in [0.25, 0.3) is 5.09 Å². The molecule has 1 aromatic rings. The Hall–Kier alpha value is -1.62. The topological polar surface area (TPSA) is 72.6 Å². The summed E-state index contributed by atoms with van der Waals surface area (Å²) in [5.74, 6) is 0. The predicted molar refractivity (Wildman–Crippen MR) is 45.9 cm³/mol. The smallest absolute Gasteiger partial charge is 0.291 e. The molecule has 5 heteroatoms. The van der Waals surface area contributed by atoms with Gasteiger partial charge in [-0.15, -0.1) is 10.1 Å². The molecule has 0 atom stereocenters. The fraction of sp³-hybridized carbons (Fsp3) is 0.250. The highest BCUT2D eigenvalue weighted by Gasteiger charge is 1.84. The van der Waals surface area contributed by atoms with Crippen molar-refractivity contribution in [1.29, 1.82) is 0 Å². The lowest BCUT2D eigenvalue weighted by Gasteiger charge is -1.95. The van der Waals surface area contributed by atoms with Crippen LogP contribution in [0.1, 0.15) is 5.56 Å². The first-order chi connectivity index (χ1) is 6.16. The van der Waals surface area contributed by atoms with Gasteiger partial charge in [0.1, 0.15) is 0 Å². The summed E-state index contributed by atoms with van der Waals surface area (Å²) in [7, 11) is 1.70. The van der Waals surface area contributed by atoms with Crippen LogP contribution >= 0.6 is 0 Å². The van der Waals surface area contributed by atoms with Gasteiger partial charge in [0.15, 0.2) is 0 Å². The largest absolute Gasteiger partial charge is 0.380 e. The molecule has 0 unspecified atom stereocenters. The number of ether oxygens (including phenoxy) is 1. The normalized spacial score (nSPS) is 8.38. The van der Waals surface area contributed by atoms with Crippen molar-refractivity contribution in [3.8, 4) is 0 Å². The summed E-state index contributed by atoms with van der Waals surface area (Å²) in [5, 5.41) is 13.6. The van der Waals surface area contributed by atoms with E-state index < -0.39 is 5.09 Å². The molecule has 0 heterocycles. The highest BCUT2D eigenvalue weighted by Crippen LogP contribution is 1.98. The maximum atomic E-state index is 8.36. The third kappa shape index (κ3) is 8.28. The van der Waals surface area contributed by atoms with Crippen LogP contribution in [0.4, 0.5) is 0 Å². The average Bonchev–Trinajstić information content (AvgIpc) is 2.06. The Morgan fingerprint density at radius 2 is 1.92 bits per heavy atom. The van der Waals surface area contributed by atoms with Crippen molar-refractivity contribution in [1.82, 2.24) is 0 Å². The van der Waals surface area contributed by atoms with Gasteiger partial charge in [0.05, 0.1) is 6.61 Å². The van der Waals surface area contributed by atoms with Gasteiger partial charge in [0.2, 0.25) is 0 Å². The van der Waals surface area contributed by atoms with E-state index in [0.717, 1.165) is 0 Å². The molecule has 13 heavy (non-hydrogen) atoms. The molecule has 0 amide bonds. The third-order valence-corrected chi connectivity index (χ3v) is 1.15. The molecule has 0 saturated carbocycles. The van der Waals surface area contributed by atoms with Gasteiger partial charge < -0.3 is 9.94 Å². The van der Waals surface area contributed by atoms with Crippen molar-refractivity contribution >= 4 is 0 Å². The Bertz CT molecular complexity index is 233. The minimum Gasteiger partial charge on any atom is -0.380 e. The molecule has 72 valence electrons. The summed E-state index contributed by atoms with van der Waals surface area (Å²) < 4.78 is 4.93. The summed E-state index contributed by atoms with van der Waals surface area (Å²) in [6, 6.07) is 10.1. The first-order valence-corrected chi connectivity index (χ1v) is 3.53. The van der Waals surface area contributed by atoms with Gasteiger partial charge in [-0.3, -0.25) is 0 Å². The molecular formula is C8H11NO4. The lowest BCUT2D eigenvalue weighted by atomic mass is 10.2. The van der Waals surface area contributed by atoms with E-state index in [1.165, 1.54) is 5.56 Å². The fourth-order valence-corrected chi connectivity index (χ4v) is 0.741. The Labute approximate surface area is 75.7 Å². The van der Waals surface area contributed by atoms with Crippen molar-refractivity contribution in [3.63, 3.8) is 0 Å². The first-order valence-electron chi connectivity index (χ1n) is 3.53. The van der Waals surface area contributed by atoms with E-state index in [0.29, 0.717) is 6.61 Å². The minimum atomic E-state index is -1.50. The van der Waals surface area contributed by atoms with Crippen molar-refractivity contribution in [2.75, 3.05) is 7.11 Å². The molecular weight excluding hydrogens is 174 g/mol. The summed E-state index contributed by atoms with van der Waals surface area (Å²) in [6.07, 6.45) is 0. The van der Waals surface area contributed by atoms with Crippen LogP contribution in [0.5, 0.6) is 0 Å². The van der Waals surface area contributed by atoms with Gasteiger partial charge in [-0.2, -0.15) is 0 Å². The first kappa shape index (κ1) is 11.4. The number of methoxy groups -OCH3 is 1. The lowest BCUT2D eigenvalue weighted by Crippen LogP contribution is -1.84. The van der Waals surface area contributed by atoms with Crippen LogP contribution in [0, 0.1) is 10.1 Å². The molecule has 1 rings (SSSR count). The fourth-order valence-electron chi connectivity index (χ4n) is 0.741. The Morgan fingerprint density at radius 1 is 1.46 bits per heavy atom. The quantitative estimate of drug-likeness (QED) is 0.559. The van der Waals surface area contributed by atoms with Crippen molar-refractivity contribution in [3.05, 3.63) is 46.0 Å². The molecule has 0 aliphatic carbocycles. The average molecular weight is 185 g/mol. The van der Waals surface area contributed by atoms with Gasteiger partial charge in [-0.1, -0.05) is 30.3 Å². The molecule has 0 fully saturated rings. The van der Waals surface area contributed by atoms with Crippen LogP contribution in [0.3, 0.4) is 0 Å². The molecule has 0 spiro atoms. The molecule has 1 N–H and O–H groups in total. The maximum Gasteiger partial charge on any atom is 0.291 e. The second-order valence-corrected chi connectivity index (χ2v) is 2.16. The zero-order chi connectivity index (χ0) is 10.1. The van der Waals surface area contributed by atoms with Gasteiger partial charge in [-0.25, -0.2) is 0 Å². The molecule has 0 aromatic heterocycles.